The van der Waals surface area contributed by atoms with Crippen molar-refractivity contribution in [2.75, 3.05) is 5.73 Å². The van der Waals surface area contributed by atoms with E-state index in [0.29, 0.717) is 11.1 Å². The first-order valence-electron chi connectivity index (χ1n) is 4.27. The number of nitrogens with two attached hydrogens (primary N) is 1. The Balaban J connectivity index is 2.55. The predicted molar refractivity (Wildman–Crippen MR) is 54.7 cm³/mol. The molecule has 2 aromatic rings. The molecule has 1 aromatic carbocycles. The number of anilines is 1. The maximum Gasteiger partial charge on any atom is 0.260 e. The number of nitrogens with zero attached hydrogens (tertiary/aromatic N) is 1. The van der Waals surface area contributed by atoms with Crippen LogP contribution in [0, 0.1) is 5.82 Å². The molecular formula is C10H8FN3O. The number of nitrogen functional groups attached to an aromatic ring is 1. The van der Waals surface area contributed by atoms with Gasteiger partial charge in [-0.25, -0.2) is 9.37 Å². The molecule has 0 fully saturated rings. The molecule has 0 aliphatic carbocycles. The first-order valence-corrected chi connectivity index (χ1v) is 4.27. The van der Waals surface area contributed by atoms with Crippen LogP contribution >= 0.6 is 0 Å². The second kappa shape index (κ2) is 3.53. The Morgan fingerprint density at radius 2 is 1.93 bits per heavy atom. The fraction of sp³-hybridized carbons (Fsp3) is 0. The van der Waals surface area contributed by atoms with Crippen molar-refractivity contribution in [1.29, 1.82) is 0 Å². The third-order valence-electron chi connectivity index (χ3n) is 1.97. The van der Waals surface area contributed by atoms with Crippen LogP contribution in [0.5, 0.6) is 0 Å². The zero-order chi connectivity index (χ0) is 10.8. The van der Waals surface area contributed by atoms with E-state index in [1.54, 1.807) is 0 Å². The molecule has 1 heterocycles. The molecule has 0 spiro atoms. The molecule has 15 heavy (non-hydrogen) atoms. The molecule has 0 saturated carbocycles. The highest BCUT2D eigenvalue weighted by Gasteiger charge is 2.03. The summed E-state index contributed by atoms with van der Waals surface area (Å²) in [4.78, 5) is 17.6. The zero-order valence-corrected chi connectivity index (χ0v) is 7.70. The lowest BCUT2D eigenvalue weighted by molar-refractivity contribution is 0.628. The fourth-order valence-electron chi connectivity index (χ4n) is 1.24. The number of nitrogens with one attached hydrogen (secondary N) is 1. The monoisotopic (exact) mass is 205 g/mol. The maximum absolute atomic E-state index is 12.6. The quantitative estimate of drug-likeness (QED) is 0.733. The molecule has 1 aromatic heterocycles. The van der Waals surface area contributed by atoms with Crippen LogP contribution in [0.4, 0.5) is 10.3 Å². The Morgan fingerprint density at radius 1 is 1.27 bits per heavy atom. The number of H-pyrrole nitrogens is 1. The van der Waals surface area contributed by atoms with Crippen LogP contribution < -0.4 is 11.3 Å². The summed E-state index contributed by atoms with van der Waals surface area (Å²) < 4.78 is 12.6. The first-order chi connectivity index (χ1) is 7.16. The highest BCUT2D eigenvalue weighted by atomic mass is 19.1. The van der Waals surface area contributed by atoms with E-state index in [0.717, 1.165) is 0 Å². The zero-order valence-electron chi connectivity index (χ0n) is 7.70. The molecule has 0 atom stereocenters. The Bertz CT molecular complexity index is 533. The lowest BCUT2D eigenvalue weighted by Gasteiger charge is -2.00. The van der Waals surface area contributed by atoms with Gasteiger partial charge in [0, 0.05) is 6.20 Å². The van der Waals surface area contributed by atoms with Crippen molar-refractivity contribution in [3.8, 4) is 11.1 Å². The van der Waals surface area contributed by atoms with Crippen molar-refractivity contribution in [2.24, 2.45) is 0 Å². The number of rotatable bonds is 1. The Labute approximate surface area is 84.6 Å². The fourth-order valence-corrected chi connectivity index (χ4v) is 1.24. The van der Waals surface area contributed by atoms with E-state index in [9.17, 15) is 9.18 Å². The number of halogens is 1. The van der Waals surface area contributed by atoms with Crippen LogP contribution in [-0.2, 0) is 0 Å². The van der Waals surface area contributed by atoms with Gasteiger partial charge in [-0.2, -0.15) is 0 Å². The molecule has 5 heteroatoms. The second-order valence-corrected chi connectivity index (χ2v) is 3.02. The molecule has 0 radical (unpaired) electrons. The summed E-state index contributed by atoms with van der Waals surface area (Å²) in [5.41, 5.74) is 5.93. The van der Waals surface area contributed by atoms with Gasteiger partial charge in [-0.05, 0) is 17.7 Å². The molecule has 0 aliphatic heterocycles. The summed E-state index contributed by atoms with van der Waals surface area (Å²) in [6.07, 6.45) is 1.36. The third-order valence-corrected chi connectivity index (χ3v) is 1.97. The molecule has 0 saturated heterocycles. The minimum atomic E-state index is -0.349. The SMILES string of the molecule is Nc1ncc(-c2ccc(F)cc2)c(=O)[nH]1. The van der Waals surface area contributed by atoms with Crippen molar-refractivity contribution < 1.29 is 4.39 Å². The minimum Gasteiger partial charge on any atom is -0.369 e. The largest absolute Gasteiger partial charge is 0.369 e. The lowest BCUT2D eigenvalue weighted by atomic mass is 10.1. The maximum atomic E-state index is 12.6. The van der Waals surface area contributed by atoms with E-state index in [4.69, 9.17) is 5.73 Å². The van der Waals surface area contributed by atoms with E-state index >= 15 is 0 Å². The van der Waals surface area contributed by atoms with Gasteiger partial charge < -0.3 is 5.73 Å². The summed E-state index contributed by atoms with van der Waals surface area (Å²) in [6, 6.07) is 5.59. The first kappa shape index (κ1) is 9.39. The van der Waals surface area contributed by atoms with Gasteiger partial charge in [-0.3, -0.25) is 9.78 Å². The van der Waals surface area contributed by atoms with E-state index < -0.39 is 0 Å². The Morgan fingerprint density at radius 3 is 2.53 bits per heavy atom. The molecule has 76 valence electrons. The number of aromatic nitrogens is 2. The summed E-state index contributed by atoms with van der Waals surface area (Å²) in [7, 11) is 0. The average molecular weight is 205 g/mol. The van der Waals surface area contributed by atoms with Crippen LogP contribution in [0.1, 0.15) is 0 Å². The summed E-state index contributed by atoms with van der Waals surface area (Å²) >= 11 is 0. The van der Waals surface area contributed by atoms with Crippen molar-refractivity contribution in [1.82, 2.24) is 9.97 Å². The summed E-state index contributed by atoms with van der Waals surface area (Å²) in [5, 5.41) is 0. The standard InChI is InChI=1S/C10H8FN3O/c11-7-3-1-6(2-4-7)8-5-13-10(12)14-9(8)15/h1-5H,(H3,12,13,14,15). The molecular weight excluding hydrogens is 197 g/mol. The van der Waals surface area contributed by atoms with Gasteiger partial charge in [-0.1, -0.05) is 12.1 Å². The predicted octanol–water partition coefficient (Wildman–Crippen LogP) is 1.16. The second-order valence-electron chi connectivity index (χ2n) is 3.02. The van der Waals surface area contributed by atoms with Crippen molar-refractivity contribution in [3.05, 3.63) is 46.6 Å². The smallest absolute Gasteiger partial charge is 0.260 e. The topological polar surface area (TPSA) is 71.8 Å². The highest BCUT2D eigenvalue weighted by Crippen LogP contribution is 2.14. The molecule has 0 bridgehead atoms. The average Bonchev–Trinajstić information content (AvgIpc) is 2.20. The van der Waals surface area contributed by atoms with Gasteiger partial charge in [0.05, 0.1) is 5.56 Å². The van der Waals surface area contributed by atoms with Gasteiger partial charge in [0.2, 0.25) is 0 Å². The van der Waals surface area contributed by atoms with Crippen molar-refractivity contribution in [2.45, 2.75) is 0 Å². The number of hydrogen-bond donors (Lipinski definition) is 2. The number of aromatic amines is 1. The van der Waals surface area contributed by atoms with Gasteiger partial charge in [0.15, 0.2) is 5.95 Å². The molecule has 3 N–H and O–H groups in total. The van der Waals surface area contributed by atoms with E-state index in [1.165, 1.54) is 30.5 Å². The summed E-state index contributed by atoms with van der Waals surface area (Å²) in [6.45, 7) is 0. The van der Waals surface area contributed by atoms with E-state index in [1.807, 2.05) is 0 Å². The van der Waals surface area contributed by atoms with Gasteiger partial charge >= 0.3 is 0 Å². The summed E-state index contributed by atoms with van der Waals surface area (Å²) in [5.74, 6) is -0.288. The van der Waals surface area contributed by atoms with Crippen molar-refractivity contribution >= 4 is 5.95 Å². The molecule has 0 amide bonds. The van der Waals surface area contributed by atoms with Crippen molar-refractivity contribution in [3.63, 3.8) is 0 Å². The molecule has 4 nitrogen and oxygen atoms in total. The number of hydrogen-bond acceptors (Lipinski definition) is 3. The van der Waals surface area contributed by atoms with E-state index in [2.05, 4.69) is 9.97 Å². The minimum absolute atomic E-state index is 0.0610. The number of benzene rings is 1. The lowest BCUT2D eigenvalue weighted by Crippen LogP contribution is -2.12. The third kappa shape index (κ3) is 1.85. The molecule has 0 unspecified atom stereocenters. The van der Waals surface area contributed by atoms with Gasteiger partial charge in [0.25, 0.3) is 5.56 Å². The van der Waals surface area contributed by atoms with Crippen LogP contribution in [0.25, 0.3) is 11.1 Å². The normalized spacial score (nSPS) is 10.2. The molecule has 0 aliphatic rings. The van der Waals surface area contributed by atoms with Gasteiger partial charge in [0.1, 0.15) is 5.82 Å². The van der Waals surface area contributed by atoms with Gasteiger partial charge in [-0.15, -0.1) is 0 Å². The Hall–Kier alpha value is -2.17. The Kier molecular flexibility index (Phi) is 2.21. The molecule has 2 rings (SSSR count). The van der Waals surface area contributed by atoms with Crippen LogP contribution in [0.3, 0.4) is 0 Å². The van der Waals surface area contributed by atoms with Crippen LogP contribution in [-0.4, -0.2) is 9.97 Å². The van der Waals surface area contributed by atoms with Crippen LogP contribution in [0.15, 0.2) is 35.3 Å². The van der Waals surface area contributed by atoms with E-state index in [-0.39, 0.29) is 17.3 Å². The highest BCUT2D eigenvalue weighted by molar-refractivity contribution is 5.61. The van der Waals surface area contributed by atoms with Crippen LogP contribution in [0.2, 0.25) is 0 Å².